The minimum absolute atomic E-state index is 0.0190. The molecule has 0 aromatic heterocycles. The lowest BCUT2D eigenvalue weighted by molar-refractivity contribution is -0.145. The summed E-state index contributed by atoms with van der Waals surface area (Å²) in [6.45, 7) is 3.38. The number of halogens is 6. The normalized spacial score (nSPS) is 13.0. The van der Waals surface area contributed by atoms with E-state index in [4.69, 9.17) is 0 Å². The summed E-state index contributed by atoms with van der Waals surface area (Å²) in [4.78, 5) is 23.4. The van der Waals surface area contributed by atoms with Crippen molar-refractivity contribution in [2.75, 3.05) is 7.11 Å². The first kappa shape index (κ1) is 21.5. The highest BCUT2D eigenvalue weighted by Crippen LogP contribution is 2.36. The van der Waals surface area contributed by atoms with E-state index in [1.165, 1.54) is 6.08 Å². The number of hydrogen-bond acceptors (Lipinski definition) is 3. The molecule has 1 aromatic carbocycles. The van der Waals surface area contributed by atoms with Gasteiger partial charge in [0.2, 0.25) is 5.91 Å². The molecule has 0 aliphatic carbocycles. The summed E-state index contributed by atoms with van der Waals surface area (Å²) in [7, 11) is 1.06. The van der Waals surface area contributed by atoms with Crippen LogP contribution in [0.2, 0.25) is 0 Å². The summed E-state index contributed by atoms with van der Waals surface area (Å²) >= 11 is 0. The standard InChI is InChI=1S/C16H15F6NO3/c1-3-4-12(14(25)26-2)23-13(24)7-9-5-10(15(17,18)19)8-11(6-9)16(20,21)22/h3,5-6,8,12H,1,4,7H2,2H3,(H,23,24)/t12-/m1/s1. The molecule has 10 heteroatoms. The van der Waals surface area contributed by atoms with Gasteiger partial charge in [-0.1, -0.05) is 6.08 Å². The Balaban J connectivity index is 3.09. The van der Waals surface area contributed by atoms with Crippen molar-refractivity contribution in [3.05, 3.63) is 47.5 Å². The quantitative estimate of drug-likeness (QED) is 0.465. The van der Waals surface area contributed by atoms with Crippen molar-refractivity contribution in [2.24, 2.45) is 0 Å². The molecule has 144 valence electrons. The predicted molar refractivity (Wildman–Crippen MR) is 78.9 cm³/mol. The topological polar surface area (TPSA) is 55.4 Å². The van der Waals surface area contributed by atoms with Crippen LogP contribution in [0.1, 0.15) is 23.1 Å². The lowest BCUT2D eigenvalue weighted by Crippen LogP contribution is -2.41. The van der Waals surface area contributed by atoms with Gasteiger partial charge in [0.1, 0.15) is 6.04 Å². The molecule has 26 heavy (non-hydrogen) atoms. The Morgan fingerprint density at radius 1 is 1.12 bits per heavy atom. The average molecular weight is 383 g/mol. The van der Waals surface area contributed by atoms with Gasteiger partial charge in [-0.15, -0.1) is 6.58 Å². The first-order chi connectivity index (χ1) is 11.9. The van der Waals surface area contributed by atoms with E-state index in [-0.39, 0.29) is 12.5 Å². The van der Waals surface area contributed by atoms with E-state index in [1.54, 1.807) is 0 Å². The smallest absolute Gasteiger partial charge is 0.416 e. The number of methoxy groups -OCH3 is 1. The number of esters is 1. The third kappa shape index (κ3) is 6.08. The van der Waals surface area contributed by atoms with Crippen LogP contribution in [0.5, 0.6) is 0 Å². The Kier molecular flexibility index (Phi) is 6.82. The molecule has 0 heterocycles. The molecule has 0 saturated carbocycles. The third-order valence-corrected chi connectivity index (χ3v) is 3.24. The number of amides is 1. The molecule has 4 nitrogen and oxygen atoms in total. The first-order valence-electron chi connectivity index (χ1n) is 7.15. The van der Waals surface area contributed by atoms with Crippen LogP contribution in [0, 0.1) is 0 Å². The van der Waals surface area contributed by atoms with Crippen LogP contribution < -0.4 is 5.32 Å². The number of alkyl halides is 6. The van der Waals surface area contributed by atoms with Crippen molar-refractivity contribution in [2.45, 2.75) is 31.2 Å². The lowest BCUT2D eigenvalue weighted by Gasteiger charge is -2.16. The minimum atomic E-state index is -5.01. The largest absolute Gasteiger partial charge is 0.467 e. The maximum absolute atomic E-state index is 12.8. The van der Waals surface area contributed by atoms with Crippen molar-refractivity contribution >= 4 is 11.9 Å². The fourth-order valence-corrected chi connectivity index (χ4v) is 2.08. The predicted octanol–water partition coefficient (Wildman–Crippen LogP) is 3.50. The molecule has 0 unspecified atom stereocenters. The number of rotatable bonds is 6. The Labute approximate surface area is 144 Å². The van der Waals surface area contributed by atoms with Gasteiger partial charge in [-0.05, 0) is 30.2 Å². The van der Waals surface area contributed by atoms with E-state index in [2.05, 4.69) is 16.6 Å². The maximum atomic E-state index is 12.8. The summed E-state index contributed by atoms with van der Waals surface area (Å²) in [6, 6.07) is -0.265. The molecular weight excluding hydrogens is 368 g/mol. The number of ether oxygens (including phenoxy) is 1. The van der Waals surface area contributed by atoms with E-state index >= 15 is 0 Å². The van der Waals surface area contributed by atoms with Crippen molar-refractivity contribution in [3.63, 3.8) is 0 Å². The van der Waals surface area contributed by atoms with Gasteiger partial charge in [0, 0.05) is 0 Å². The Hall–Kier alpha value is -2.52. The van der Waals surface area contributed by atoms with Crippen molar-refractivity contribution < 1.29 is 40.7 Å². The fourth-order valence-electron chi connectivity index (χ4n) is 2.08. The monoisotopic (exact) mass is 383 g/mol. The molecule has 0 aliphatic heterocycles. The molecule has 1 amide bonds. The molecule has 1 aromatic rings. The van der Waals surface area contributed by atoms with Crippen LogP contribution in [0.25, 0.3) is 0 Å². The first-order valence-corrected chi connectivity index (χ1v) is 7.15. The second-order valence-corrected chi connectivity index (χ2v) is 5.26. The van der Waals surface area contributed by atoms with Crippen molar-refractivity contribution in [1.82, 2.24) is 5.32 Å². The van der Waals surface area contributed by atoms with Crippen LogP contribution in [0.4, 0.5) is 26.3 Å². The van der Waals surface area contributed by atoms with Gasteiger partial charge in [0.15, 0.2) is 0 Å². The molecule has 1 rings (SSSR count). The SMILES string of the molecule is C=CC[C@@H](NC(=O)Cc1cc(C(F)(F)F)cc(C(F)(F)F)c1)C(=O)OC. The van der Waals surface area contributed by atoms with Gasteiger partial charge < -0.3 is 10.1 Å². The zero-order valence-electron chi connectivity index (χ0n) is 13.5. The Bertz CT molecular complexity index is 649. The summed E-state index contributed by atoms with van der Waals surface area (Å²) in [6.07, 6.45) is -9.52. The zero-order chi connectivity index (χ0) is 20.1. The van der Waals surface area contributed by atoms with E-state index in [9.17, 15) is 35.9 Å². The minimum Gasteiger partial charge on any atom is -0.467 e. The Morgan fingerprint density at radius 2 is 1.62 bits per heavy atom. The fraction of sp³-hybridized carbons (Fsp3) is 0.375. The van der Waals surface area contributed by atoms with Gasteiger partial charge in [0.25, 0.3) is 0 Å². The number of carbonyl (C=O) groups is 2. The molecular formula is C16H15F6NO3. The van der Waals surface area contributed by atoms with Crippen LogP contribution in [-0.2, 0) is 33.1 Å². The maximum Gasteiger partial charge on any atom is 0.416 e. The molecule has 0 saturated heterocycles. The number of hydrogen-bond donors (Lipinski definition) is 1. The summed E-state index contributed by atoms with van der Waals surface area (Å²) in [5.74, 6) is -1.76. The van der Waals surface area contributed by atoms with Crippen LogP contribution in [-0.4, -0.2) is 25.0 Å². The molecule has 1 atom stereocenters. The molecule has 1 N–H and O–H groups in total. The Morgan fingerprint density at radius 3 is 2.00 bits per heavy atom. The second-order valence-electron chi connectivity index (χ2n) is 5.26. The van der Waals surface area contributed by atoms with Gasteiger partial charge in [-0.2, -0.15) is 26.3 Å². The van der Waals surface area contributed by atoms with Gasteiger partial charge in [-0.25, -0.2) is 4.79 Å². The zero-order valence-corrected chi connectivity index (χ0v) is 13.5. The summed E-state index contributed by atoms with van der Waals surface area (Å²) in [5, 5.41) is 2.19. The summed E-state index contributed by atoms with van der Waals surface area (Å²) in [5.41, 5.74) is -3.54. The van der Waals surface area contributed by atoms with Crippen LogP contribution in [0.3, 0.4) is 0 Å². The average Bonchev–Trinajstić information content (AvgIpc) is 2.51. The molecule has 0 radical (unpaired) electrons. The van der Waals surface area contributed by atoms with E-state index < -0.39 is 53.4 Å². The van der Waals surface area contributed by atoms with E-state index in [0.29, 0.717) is 12.1 Å². The third-order valence-electron chi connectivity index (χ3n) is 3.24. The highest BCUT2D eigenvalue weighted by atomic mass is 19.4. The summed E-state index contributed by atoms with van der Waals surface area (Å²) < 4.78 is 81.2. The molecule has 0 spiro atoms. The van der Waals surface area contributed by atoms with Gasteiger partial charge >= 0.3 is 18.3 Å². The van der Waals surface area contributed by atoms with Gasteiger partial charge in [0.05, 0.1) is 24.7 Å². The van der Waals surface area contributed by atoms with E-state index in [1.807, 2.05) is 0 Å². The highest BCUT2D eigenvalue weighted by Gasteiger charge is 2.37. The molecule has 0 aliphatic rings. The number of benzene rings is 1. The number of nitrogens with one attached hydrogen (secondary N) is 1. The molecule has 0 fully saturated rings. The van der Waals surface area contributed by atoms with Crippen LogP contribution in [0.15, 0.2) is 30.9 Å². The van der Waals surface area contributed by atoms with Crippen molar-refractivity contribution in [1.29, 1.82) is 0 Å². The van der Waals surface area contributed by atoms with Gasteiger partial charge in [-0.3, -0.25) is 4.79 Å². The molecule has 0 bridgehead atoms. The van der Waals surface area contributed by atoms with Crippen molar-refractivity contribution in [3.8, 4) is 0 Å². The van der Waals surface area contributed by atoms with E-state index in [0.717, 1.165) is 7.11 Å². The number of carbonyl (C=O) groups excluding carboxylic acids is 2. The van der Waals surface area contributed by atoms with Crippen LogP contribution >= 0.6 is 0 Å². The highest BCUT2D eigenvalue weighted by molar-refractivity contribution is 5.85. The lowest BCUT2D eigenvalue weighted by atomic mass is 10.0. The second kappa shape index (κ2) is 8.24.